The van der Waals surface area contributed by atoms with E-state index in [2.05, 4.69) is 17.4 Å². The van der Waals surface area contributed by atoms with Crippen molar-refractivity contribution in [1.82, 2.24) is 9.78 Å². The molecule has 4 aromatic rings. The van der Waals surface area contributed by atoms with Gasteiger partial charge in [0.05, 0.1) is 16.4 Å². The Labute approximate surface area is 197 Å². The highest BCUT2D eigenvalue weighted by Crippen LogP contribution is 2.38. The molecule has 1 aromatic heterocycles. The largest absolute Gasteiger partial charge is 0.489 e. The van der Waals surface area contributed by atoms with Crippen LogP contribution in [0.1, 0.15) is 24.0 Å². The van der Waals surface area contributed by atoms with Crippen molar-refractivity contribution in [3.63, 3.8) is 0 Å². The maximum Gasteiger partial charge on any atom is 0.133 e. The summed E-state index contributed by atoms with van der Waals surface area (Å²) in [6, 6.07) is 23.7. The minimum atomic E-state index is 0.538. The summed E-state index contributed by atoms with van der Waals surface area (Å²) in [7, 11) is 0. The van der Waals surface area contributed by atoms with E-state index >= 15 is 0 Å². The number of nitrogens with zero attached hydrogens (tertiary/aromatic N) is 2. The smallest absolute Gasteiger partial charge is 0.133 e. The molecule has 0 atom stereocenters. The second-order valence-corrected chi connectivity index (χ2v) is 8.71. The van der Waals surface area contributed by atoms with Gasteiger partial charge in [-0.25, -0.2) is 4.68 Å². The van der Waals surface area contributed by atoms with E-state index in [4.69, 9.17) is 33.0 Å². The lowest BCUT2D eigenvalue weighted by atomic mass is 10.0. The van der Waals surface area contributed by atoms with Gasteiger partial charge in [-0.3, -0.25) is 0 Å². The molecule has 4 nitrogen and oxygen atoms in total. The Bertz CT molecular complexity index is 1220. The molecule has 3 aromatic carbocycles. The van der Waals surface area contributed by atoms with Gasteiger partial charge in [-0.1, -0.05) is 53.5 Å². The molecule has 0 aliphatic carbocycles. The van der Waals surface area contributed by atoms with Crippen LogP contribution in [0.5, 0.6) is 5.75 Å². The van der Waals surface area contributed by atoms with Gasteiger partial charge < -0.3 is 10.1 Å². The lowest BCUT2D eigenvalue weighted by Crippen LogP contribution is -2.07. The molecule has 0 radical (unpaired) electrons. The van der Waals surface area contributed by atoms with Crippen molar-refractivity contribution in [1.29, 1.82) is 0 Å². The molecule has 0 unspecified atom stereocenters. The lowest BCUT2D eigenvalue weighted by molar-refractivity contribution is 0.306. The maximum atomic E-state index is 6.53. The van der Waals surface area contributed by atoms with Crippen LogP contribution in [0.3, 0.4) is 0 Å². The predicted octanol–water partition coefficient (Wildman–Crippen LogP) is 7.17. The zero-order chi connectivity index (χ0) is 21.9. The molecule has 162 valence electrons. The van der Waals surface area contributed by atoms with Crippen molar-refractivity contribution in [2.24, 2.45) is 0 Å². The van der Waals surface area contributed by atoms with Gasteiger partial charge in [0.15, 0.2) is 0 Å². The van der Waals surface area contributed by atoms with Gasteiger partial charge in [0.25, 0.3) is 0 Å². The third kappa shape index (κ3) is 4.34. The third-order valence-corrected chi connectivity index (χ3v) is 6.21. The van der Waals surface area contributed by atoms with E-state index in [1.54, 1.807) is 6.07 Å². The average molecular weight is 464 g/mol. The lowest BCUT2D eigenvalue weighted by Gasteiger charge is -2.11. The van der Waals surface area contributed by atoms with Gasteiger partial charge in [-0.15, -0.1) is 0 Å². The normalized spacial score (nSPS) is 13.2. The highest BCUT2D eigenvalue weighted by Gasteiger charge is 2.23. The van der Waals surface area contributed by atoms with E-state index in [-0.39, 0.29) is 0 Å². The van der Waals surface area contributed by atoms with Crippen LogP contribution < -0.4 is 10.1 Å². The topological polar surface area (TPSA) is 39.1 Å². The quantitative estimate of drug-likeness (QED) is 0.340. The molecule has 6 heteroatoms. The van der Waals surface area contributed by atoms with Crippen LogP contribution in [0, 0.1) is 0 Å². The first-order valence-electron chi connectivity index (χ1n) is 10.8. The van der Waals surface area contributed by atoms with Crippen molar-refractivity contribution < 1.29 is 4.74 Å². The first kappa shape index (κ1) is 20.9. The molecular formula is C26H23Cl2N3O. The molecular weight excluding hydrogens is 441 g/mol. The van der Waals surface area contributed by atoms with Crippen LogP contribution in [0.15, 0.2) is 72.8 Å². The second kappa shape index (κ2) is 9.27. The van der Waals surface area contributed by atoms with Crippen LogP contribution in [-0.2, 0) is 13.0 Å². The van der Waals surface area contributed by atoms with E-state index < -0.39 is 0 Å². The summed E-state index contributed by atoms with van der Waals surface area (Å²) < 4.78 is 7.91. The number of hydrogen-bond acceptors (Lipinski definition) is 3. The number of hydrogen-bond donors (Lipinski definition) is 1. The van der Waals surface area contributed by atoms with Crippen molar-refractivity contribution >= 4 is 29.0 Å². The average Bonchev–Trinajstić information content (AvgIpc) is 3.00. The zero-order valence-electron chi connectivity index (χ0n) is 17.5. The highest BCUT2D eigenvalue weighted by molar-refractivity contribution is 6.35. The number of benzene rings is 3. The van der Waals surface area contributed by atoms with Crippen molar-refractivity contribution in [2.45, 2.75) is 25.9 Å². The Kier molecular flexibility index (Phi) is 6.06. The number of halogens is 2. The van der Waals surface area contributed by atoms with Gasteiger partial charge >= 0.3 is 0 Å². The van der Waals surface area contributed by atoms with Gasteiger partial charge in [0.2, 0.25) is 0 Å². The minimum absolute atomic E-state index is 0.538. The molecule has 2 heterocycles. The minimum Gasteiger partial charge on any atom is -0.489 e. The standard InChI is InChI=1S/C26H23Cl2N3O/c27-19-9-14-24(28)23(16-19)25-22-8-4-5-15-29-26(22)31(30-25)20-10-12-21(13-11-20)32-17-18-6-2-1-3-7-18/h1-3,6-7,9-14,16,29H,4-5,8,15,17H2. The van der Waals surface area contributed by atoms with Crippen LogP contribution in [0.25, 0.3) is 16.9 Å². The molecule has 0 saturated carbocycles. The van der Waals surface area contributed by atoms with E-state index in [9.17, 15) is 0 Å². The van der Waals surface area contributed by atoms with Crippen LogP contribution in [0.2, 0.25) is 10.0 Å². The summed E-state index contributed by atoms with van der Waals surface area (Å²) in [6.45, 7) is 1.45. The van der Waals surface area contributed by atoms with E-state index in [1.807, 2.05) is 59.3 Å². The maximum absolute atomic E-state index is 6.53. The molecule has 0 amide bonds. The Balaban J connectivity index is 1.48. The number of fused-ring (bicyclic) bond motifs is 1. The summed E-state index contributed by atoms with van der Waals surface area (Å²) in [5.41, 5.74) is 5.02. The van der Waals surface area contributed by atoms with Crippen LogP contribution >= 0.6 is 23.2 Å². The number of anilines is 1. The fourth-order valence-electron chi connectivity index (χ4n) is 4.01. The molecule has 1 aliphatic rings. The van der Waals surface area contributed by atoms with Gasteiger partial charge in [0.1, 0.15) is 18.2 Å². The summed E-state index contributed by atoms with van der Waals surface area (Å²) in [5, 5.41) is 9.84. The van der Waals surface area contributed by atoms with Crippen molar-refractivity contribution in [2.75, 3.05) is 11.9 Å². The SMILES string of the molecule is Clc1ccc(Cl)c(-c2nn(-c3ccc(OCc4ccccc4)cc3)c3c2CCCCN3)c1. The van der Waals surface area contributed by atoms with Crippen molar-refractivity contribution in [3.05, 3.63) is 94.0 Å². The first-order valence-corrected chi connectivity index (χ1v) is 11.5. The molecule has 1 N–H and O–H groups in total. The Morgan fingerprint density at radius 1 is 0.938 bits per heavy atom. The second-order valence-electron chi connectivity index (χ2n) is 7.86. The van der Waals surface area contributed by atoms with Gasteiger partial charge in [-0.05, 0) is 67.3 Å². The Morgan fingerprint density at radius 2 is 1.75 bits per heavy atom. The third-order valence-electron chi connectivity index (χ3n) is 5.64. The molecule has 5 rings (SSSR count). The monoisotopic (exact) mass is 463 g/mol. The van der Waals surface area contributed by atoms with E-state index in [0.29, 0.717) is 16.7 Å². The number of nitrogens with one attached hydrogen (secondary N) is 1. The summed E-state index contributed by atoms with van der Waals surface area (Å²) in [4.78, 5) is 0. The van der Waals surface area contributed by atoms with E-state index in [0.717, 1.165) is 59.9 Å². The summed E-state index contributed by atoms with van der Waals surface area (Å²) in [5.74, 6) is 1.84. The molecule has 0 bridgehead atoms. The molecule has 32 heavy (non-hydrogen) atoms. The summed E-state index contributed by atoms with van der Waals surface area (Å²) in [6.07, 6.45) is 3.16. The predicted molar refractivity (Wildman–Crippen MR) is 131 cm³/mol. The summed E-state index contributed by atoms with van der Waals surface area (Å²) >= 11 is 12.8. The Hall–Kier alpha value is -2.95. The van der Waals surface area contributed by atoms with Crippen LogP contribution in [-0.4, -0.2) is 16.3 Å². The van der Waals surface area contributed by atoms with Crippen LogP contribution in [0.4, 0.5) is 5.82 Å². The fraction of sp³-hybridized carbons (Fsp3) is 0.192. The molecule has 0 spiro atoms. The van der Waals surface area contributed by atoms with Gasteiger partial charge in [0, 0.05) is 22.7 Å². The molecule has 0 fully saturated rings. The first-order chi connectivity index (χ1) is 15.7. The fourth-order valence-corrected chi connectivity index (χ4v) is 4.39. The van der Waals surface area contributed by atoms with E-state index in [1.165, 1.54) is 5.56 Å². The zero-order valence-corrected chi connectivity index (χ0v) is 19.0. The Morgan fingerprint density at radius 3 is 2.56 bits per heavy atom. The number of rotatable bonds is 5. The molecule has 0 saturated heterocycles. The highest BCUT2D eigenvalue weighted by atomic mass is 35.5. The van der Waals surface area contributed by atoms with Crippen molar-refractivity contribution in [3.8, 4) is 22.7 Å². The molecule has 1 aliphatic heterocycles. The number of ether oxygens (including phenoxy) is 1. The number of aromatic nitrogens is 2. The van der Waals surface area contributed by atoms with Gasteiger partial charge in [-0.2, -0.15) is 5.10 Å².